The highest BCUT2D eigenvalue weighted by Gasteiger charge is 2.15. The molecule has 3 nitrogen and oxygen atoms in total. The second-order valence-corrected chi connectivity index (χ2v) is 4.29. The molecular weight excluding hydrogens is 275 g/mol. The van der Waals surface area contributed by atoms with E-state index in [4.69, 9.17) is 10.6 Å². The Balaban J connectivity index is 2.74. The second-order valence-electron chi connectivity index (χ2n) is 3.44. The zero-order valence-electron chi connectivity index (χ0n) is 9.17. The number of nitrogens with one attached hydrogen (secondary N) is 1. The minimum atomic E-state index is -0.330. The topological polar surface area (TPSA) is 47.3 Å². The minimum Gasteiger partial charge on any atom is -0.379 e. The predicted molar refractivity (Wildman–Crippen MR) is 65.3 cm³/mol. The van der Waals surface area contributed by atoms with Crippen LogP contribution in [0.1, 0.15) is 24.9 Å². The highest BCUT2D eigenvalue weighted by Crippen LogP contribution is 2.23. The Kier molecular flexibility index (Phi) is 5.90. The van der Waals surface area contributed by atoms with E-state index >= 15 is 0 Å². The van der Waals surface area contributed by atoms with Crippen LogP contribution in [0, 0.1) is 5.82 Å². The van der Waals surface area contributed by atoms with Gasteiger partial charge in [-0.1, -0.05) is 19.1 Å². The van der Waals surface area contributed by atoms with E-state index in [0.29, 0.717) is 23.2 Å². The average molecular weight is 291 g/mol. The Labute approximate surface area is 103 Å². The SMILES string of the molecule is CCCOCC(NN)c1cccc(Br)c1F. The molecule has 1 rings (SSSR count). The highest BCUT2D eigenvalue weighted by molar-refractivity contribution is 9.10. The fourth-order valence-corrected chi connectivity index (χ4v) is 1.74. The van der Waals surface area contributed by atoms with Gasteiger partial charge in [-0.25, -0.2) is 4.39 Å². The van der Waals surface area contributed by atoms with Crippen LogP contribution in [-0.4, -0.2) is 13.2 Å². The summed E-state index contributed by atoms with van der Waals surface area (Å²) >= 11 is 3.14. The lowest BCUT2D eigenvalue weighted by atomic mass is 10.1. The first-order valence-corrected chi connectivity index (χ1v) is 5.97. The normalized spacial score (nSPS) is 12.8. The molecule has 16 heavy (non-hydrogen) atoms. The summed E-state index contributed by atoms with van der Waals surface area (Å²) in [6, 6.07) is 4.79. The Bertz CT molecular complexity index is 336. The van der Waals surface area contributed by atoms with E-state index in [1.165, 1.54) is 0 Å². The maximum Gasteiger partial charge on any atom is 0.142 e. The van der Waals surface area contributed by atoms with Crippen LogP contribution in [0.15, 0.2) is 22.7 Å². The van der Waals surface area contributed by atoms with E-state index < -0.39 is 0 Å². The summed E-state index contributed by atoms with van der Waals surface area (Å²) < 4.78 is 19.5. The lowest BCUT2D eigenvalue weighted by Gasteiger charge is -2.17. The van der Waals surface area contributed by atoms with Crippen LogP contribution in [0.5, 0.6) is 0 Å². The van der Waals surface area contributed by atoms with Gasteiger partial charge in [-0.2, -0.15) is 0 Å². The number of rotatable bonds is 6. The number of nitrogens with two attached hydrogens (primary N) is 1. The van der Waals surface area contributed by atoms with Crippen molar-refractivity contribution in [1.29, 1.82) is 0 Å². The van der Waals surface area contributed by atoms with Gasteiger partial charge in [0.15, 0.2) is 0 Å². The van der Waals surface area contributed by atoms with Crippen LogP contribution in [0.25, 0.3) is 0 Å². The number of hydrazine groups is 1. The maximum atomic E-state index is 13.7. The molecule has 0 fully saturated rings. The Morgan fingerprint density at radius 1 is 1.56 bits per heavy atom. The number of benzene rings is 1. The van der Waals surface area contributed by atoms with Crippen molar-refractivity contribution in [2.24, 2.45) is 5.84 Å². The Morgan fingerprint density at radius 2 is 2.31 bits per heavy atom. The molecular formula is C11H16BrFN2O. The van der Waals surface area contributed by atoms with Gasteiger partial charge in [-0.3, -0.25) is 11.3 Å². The molecule has 0 bridgehead atoms. The molecule has 0 aromatic heterocycles. The van der Waals surface area contributed by atoms with Crippen LogP contribution < -0.4 is 11.3 Å². The van der Waals surface area contributed by atoms with E-state index in [2.05, 4.69) is 21.4 Å². The van der Waals surface area contributed by atoms with Gasteiger partial charge in [-0.05, 0) is 28.4 Å². The lowest BCUT2D eigenvalue weighted by Crippen LogP contribution is -2.32. The van der Waals surface area contributed by atoms with Gasteiger partial charge in [0.2, 0.25) is 0 Å². The van der Waals surface area contributed by atoms with Gasteiger partial charge in [0.1, 0.15) is 5.82 Å². The minimum absolute atomic E-state index is 0.300. The number of ether oxygens (including phenoxy) is 1. The van der Waals surface area contributed by atoms with E-state index in [-0.39, 0.29) is 11.9 Å². The summed E-state index contributed by atoms with van der Waals surface area (Å²) in [5.41, 5.74) is 3.07. The molecule has 1 unspecified atom stereocenters. The summed E-state index contributed by atoms with van der Waals surface area (Å²) in [4.78, 5) is 0. The zero-order valence-corrected chi connectivity index (χ0v) is 10.8. The van der Waals surface area contributed by atoms with E-state index in [1.807, 2.05) is 6.92 Å². The molecule has 0 spiro atoms. The summed E-state index contributed by atoms with van der Waals surface area (Å²) in [7, 11) is 0. The fraction of sp³-hybridized carbons (Fsp3) is 0.455. The molecule has 0 saturated heterocycles. The molecule has 0 heterocycles. The Morgan fingerprint density at radius 3 is 2.94 bits per heavy atom. The first-order valence-electron chi connectivity index (χ1n) is 5.18. The average Bonchev–Trinajstić information content (AvgIpc) is 2.29. The van der Waals surface area contributed by atoms with Crippen LogP contribution in [0.2, 0.25) is 0 Å². The summed E-state index contributed by atoms with van der Waals surface area (Å²) in [6.07, 6.45) is 0.929. The predicted octanol–water partition coefficient (Wildman–Crippen LogP) is 2.52. The second kappa shape index (κ2) is 6.96. The van der Waals surface area contributed by atoms with Gasteiger partial charge in [0.25, 0.3) is 0 Å². The van der Waals surface area contributed by atoms with Crippen molar-refractivity contribution < 1.29 is 9.13 Å². The third-order valence-corrected chi connectivity index (χ3v) is 2.80. The molecule has 1 aromatic carbocycles. The molecule has 0 saturated carbocycles. The van der Waals surface area contributed by atoms with Crippen molar-refractivity contribution in [2.45, 2.75) is 19.4 Å². The van der Waals surface area contributed by atoms with E-state index in [0.717, 1.165) is 6.42 Å². The van der Waals surface area contributed by atoms with E-state index in [1.54, 1.807) is 18.2 Å². The molecule has 0 aliphatic carbocycles. The van der Waals surface area contributed by atoms with Crippen molar-refractivity contribution in [3.05, 3.63) is 34.1 Å². The molecule has 0 radical (unpaired) electrons. The van der Waals surface area contributed by atoms with Crippen LogP contribution in [0.4, 0.5) is 4.39 Å². The van der Waals surface area contributed by atoms with Gasteiger partial charge in [-0.15, -0.1) is 0 Å². The quantitative estimate of drug-likeness (QED) is 0.481. The largest absolute Gasteiger partial charge is 0.379 e. The number of hydrogen-bond acceptors (Lipinski definition) is 3. The molecule has 5 heteroatoms. The monoisotopic (exact) mass is 290 g/mol. The summed E-state index contributed by atoms with van der Waals surface area (Å²) in [5.74, 6) is 5.09. The van der Waals surface area contributed by atoms with Crippen molar-refractivity contribution in [3.8, 4) is 0 Å². The molecule has 1 aromatic rings. The molecule has 90 valence electrons. The molecule has 0 aliphatic rings. The fourth-order valence-electron chi connectivity index (χ4n) is 1.36. The van der Waals surface area contributed by atoms with Crippen molar-refractivity contribution in [1.82, 2.24) is 5.43 Å². The first kappa shape index (κ1) is 13.6. The van der Waals surface area contributed by atoms with E-state index in [9.17, 15) is 4.39 Å². The van der Waals surface area contributed by atoms with Crippen molar-refractivity contribution >= 4 is 15.9 Å². The highest BCUT2D eigenvalue weighted by atomic mass is 79.9. The Hall–Kier alpha value is -0.490. The van der Waals surface area contributed by atoms with Gasteiger partial charge >= 0.3 is 0 Å². The van der Waals surface area contributed by atoms with Crippen molar-refractivity contribution in [3.63, 3.8) is 0 Å². The van der Waals surface area contributed by atoms with Gasteiger partial charge in [0.05, 0.1) is 17.1 Å². The van der Waals surface area contributed by atoms with Crippen LogP contribution >= 0.6 is 15.9 Å². The summed E-state index contributed by atoms with van der Waals surface area (Å²) in [5, 5.41) is 0. The summed E-state index contributed by atoms with van der Waals surface area (Å²) in [6.45, 7) is 3.02. The standard InChI is InChI=1S/C11H16BrFN2O/c1-2-6-16-7-10(15-14)8-4-3-5-9(12)11(8)13/h3-5,10,15H,2,6-7,14H2,1H3. The molecule has 0 amide bonds. The van der Waals surface area contributed by atoms with Gasteiger partial charge in [0, 0.05) is 12.2 Å². The maximum absolute atomic E-state index is 13.7. The van der Waals surface area contributed by atoms with Gasteiger partial charge < -0.3 is 4.74 Å². The smallest absolute Gasteiger partial charge is 0.142 e. The zero-order chi connectivity index (χ0) is 12.0. The number of hydrogen-bond donors (Lipinski definition) is 2. The van der Waals surface area contributed by atoms with Crippen LogP contribution in [-0.2, 0) is 4.74 Å². The third kappa shape index (κ3) is 3.52. The van der Waals surface area contributed by atoms with Crippen LogP contribution in [0.3, 0.4) is 0 Å². The molecule has 1 atom stereocenters. The first-order chi connectivity index (χ1) is 7.70. The molecule has 0 aliphatic heterocycles. The third-order valence-electron chi connectivity index (χ3n) is 2.19. The van der Waals surface area contributed by atoms with Crippen molar-refractivity contribution in [2.75, 3.05) is 13.2 Å². The molecule has 3 N–H and O–H groups in total. The number of halogens is 2. The lowest BCUT2D eigenvalue weighted by molar-refractivity contribution is 0.111.